The van der Waals surface area contributed by atoms with Crippen LogP contribution < -0.4 is 21.6 Å². The van der Waals surface area contributed by atoms with Crippen molar-refractivity contribution in [2.24, 2.45) is 5.92 Å². The highest BCUT2D eigenvalue weighted by Crippen LogP contribution is 2.28. The number of fused-ring (bicyclic) bond motifs is 1. The molecule has 0 amide bonds. The molecule has 31 heavy (non-hydrogen) atoms. The molecule has 0 aliphatic carbocycles. The van der Waals surface area contributed by atoms with E-state index in [1.807, 2.05) is 0 Å². The molecule has 3 aromatic rings. The van der Waals surface area contributed by atoms with Crippen molar-refractivity contribution in [3.05, 3.63) is 71.4 Å². The van der Waals surface area contributed by atoms with E-state index < -0.39 is 0 Å². The van der Waals surface area contributed by atoms with E-state index >= 15 is 0 Å². The zero-order valence-electron chi connectivity index (χ0n) is 20.0. The van der Waals surface area contributed by atoms with Gasteiger partial charge >= 0.3 is 0 Å². The lowest BCUT2D eigenvalue weighted by atomic mass is 9.63. The largest absolute Gasteiger partial charge is 0.339 e. The van der Waals surface area contributed by atoms with Crippen LogP contribution in [0.25, 0.3) is 35.1 Å². The Hall–Kier alpha value is -2.74. The Balaban J connectivity index is 2.00. The minimum atomic E-state index is 0.352. The summed E-state index contributed by atoms with van der Waals surface area (Å²) in [6.45, 7) is 28.2. The predicted octanol–water partition coefficient (Wildman–Crippen LogP) is 4.91. The quantitative estimate of drug-likeness (QED) is 0.466. The maximum absolute atomic E-state index is 4.43. The van der Waals surface area contributed by atoms with Crippen LogP contribution in [0.2, 0.25) is 0 Å². The van der Waals surface area contributed by atoms with Gasteiger partial charge in [0.05, 0.1) is 0 Å². The zero-order valence-corrected chi connectivity index (χ0v) is 20.0. The molecule has 0 aliphatic heterocycles. The molecule has 0 bridgehead atoms. The molecule has 1 heterocycles. The van der Waals surface area contributed by atoms with Crippen molar-refractivity contribution in [3.63, 3.8) is 0 Å². The van der Waals surface area contributed by atoms with E-state index in [-0.39, 0.29) is 0 Å². The third-order valence-corrected chi connectivity index (χ3v) is 6.43. The molecular weight excluding hydrogens is 373 g/mol. The monoisotopic (exact) mass is 409 g/mol. The van der Waals surface area contributed by atoms with Gasteiger partial charge in [0.2, 0.25) is 0 Å². The summed E-state index contributed by atoms with van der Waals surface area (Å²) in [5.74, 6) is 0.633. The Kier molecular flexibility index (Phi) is 6.79. The SMILES string of the molecule is C=C(C)c1ccc(Bc2ccc3c(=C)n(C(C)C)c(=C)c3c2)cc1C(=C)CC(C)CC. The average molecular weight is 409 g/mol. The van der Waals surface area contributed by atoms with Crippen molar-refractivity contribution in [2.75, 3.05) is 0 Å². The number of hydrogen-bond donors (Lipinski definition) is 0. The second-order valence-corrected chi connectivity index (χ2v) is 9.40. The summed E-state index contributed by atoms with van der Waals surface area (Å²) in [7, 11) is 0.884. The van der Waals surface area contributed by atoms with E-state index in [1.165, 1.54) is 44.8 Å². The summed E-state index contributed by atoms with van der Waals surface area (Å²) in [5, 5.41) is 4.51. The van der Waals surface area contributed by atoms with Crippen molar-refractivity contribution >= 4 is 53.3 Å². The minimum Gasteiger partial charge on any atom is -0.339 e. The van der Waals surface area contributed by atoms with Crippen LogP contribution in [0.1, 0.15) is 64.6 Å². The molecule has 0 aliphatic rings. The van der Waals surface area contributed by atoms with E-state index in [9.17, 15) is 0 Å². The Labute approximate surface area is 188 Å². The van der Waals surface area contributed by atoms with Gasteiger partial charge in [-0.1, -0.05) is 99.5 Å². The van der Waals surface area contributed by atoms with E-state index in [0.717, 1.165) is 30.0 Å². The Morgan fingerprint density at radius 2 is 1.52 bits per heavy atom. The highest BCUT2D eigenvalue weighted by Gasteiger charge is 2.13. The Bertz CT molecular complexity index is 1240. The lowest BCUT2D eigenvalue weighted by Gasteiger charge is -2.17. The second-order valence-electron chi connectivity index (χ2n) is 9.40. The number of aromatic nitrogens is 1. The Morgan fingerprint density at radius 3 is 2.13 bits per heavy atom. The van der Waals surface area contributed by atoms with Gasteiger partial charge in [-0.15, -0.1) is 0 Å². The number of benzene rings is 2. The van der Waals surface area contributed by atoms with Gasteiger partial charge in [-0.2, -0.15) is 0 Å². The van der Waals surface area contributed by atoms with Crippen molar-refractivity contribution in [1.82, 2.24) is 4.57 Å². The first-order valence-corrected chi connectivity index (χ1v) is 11.4. The highest BCUT2D eigenvalue weighted by atomic mass is 15.0. The number of allylic oxidation sites excluding steroid dienone is 2. The van der Waals surface area contributed by atoms with Gasteiger partial charge in [0.15, 0.2) is 7.28 Å². The fraction of sp³-hybridized carbons (Fsp3) is 0.310. The molecule has 1 unspecified atom stereocenters. The average Bonchev–Trinajstić information content (AvgIpc) is 2.97. The Morgan fingerprint density at radius 1 is 0.903 bits per heavy atom. The maximum Gasteiger partial charge on any atom is 0.192 e. The molecule has 1 aromatic heterocycles. The molecule has 1 nitrogen and oxygen atoms in total. The molecular formula is C29H36BN. The van der Waals surface area contributed by atoms with Crippen LogP contribution in [-0.4, -0.2) is 11.8 Å². The van der Waals surface area contributed by atoms with Gasteiger partial charge in [-0.25, -0.2) is 0 Å². The third-order valence-electron chi connectivity index (χ3n) is 6.43. The lowest BCUT2D eigenvalue weighted by molar-refractivity contribution is 0.579. The molecule has 0 saturated heterocycles. The van der Waals surface area contributed by atoms with Gasteiger partial charge in [-0.3, -0.25) is 0 Å². The fourth-order valence-electron chi connectivity index (χ4n) is 4.51. The van der Waals surface area contributed by atoms with Gasteiger partial charge in [0.1, 0.15) is 0 Å². The third kappa shape index (κ3) is 4.64. The van der Waals surface area contributed by atoms with E-state index in [0.29, 0.717) is 12.0 Å². The molecule has 3 rings (SSSR count). The van der Waals surface area contributed by atoms with E-state index in [4.69, 9.17) is 0 Å². The standard InChI is InChI=1S/C29H36BN/c1-10-20(6)15-21(7)28-16-24(11-13-26(28)18(2)3)30-25-12-14-27-22(8)31(19(4)5)23(9)29(27)17-25/h11-14,16-17,19-20,30H,2,7-10,15H2,1,3-6H3. The van der Waals surface area contributed by atoms with Crippen molar-refractivity contribution in [2.45, 2.75) is 53.5 Å². The summed E-state index contributed by atoms with van der Waals surface area (Å²) in [5.41, 5.74) is 7.35. The van der Waals surface area contributed by atoms with Crippen LogP contribution in [0.4, 0.5) is 0 Å². The van der Waals surface area contributed by atoms with Gasteiger partial charge in [0.25, 0.3) is 0 Å². The summed E-state index contributed by atoms with van der Waals surface area (Å²) in [6.07, 6.45) is 2.19. The molecule has 160 valence electrons. The first kappa shape index (κ1) is 22.9. The number of nitrogens with zero attached hydrogens (tertiary/aromatic N) is 1. The van der Waals surface area contributed by atoms with Crippen LogP contribution in [-0.2, 0) is 0 Å². The van der Waals surface area contributed by atoms with E-state index in [2.05, 4.69) is 102 Å². The predicted molar refractivity (Wildman–Crippen MR) is 143 cm³/mol. The molecule has 1 atom stereocenters. The minimum absolute atomic E-state index is 0.352. The molecule has 2 aromatic carbocycles. The lowest BCUT2D eigenvalue weighted by Crippen LogP contribution is -2.28. The summed E-state index contributed by atoms with van der Waals surface area (Å²) in [6, 6.07) is 13.8. The molecule has 2 heteroatoms. The molecule has 0 N–H and O–H groups in total. The topological polar surface area (TPSA) is 4.93 Å². The zero-order chi connectivity index (χ0) is 22.9. The molecule has 0 fully saturated rings. The van der Waals surface area contributed by atoms with Gasteiger partial charge in [-0.05, 0) is 49.8 Å². The van der Waals surface area contributed by atoms with Gasteiger partial charge in [0, 0.05) is 27.5 Å². The molecule has 0 saturated carbocycles. The highest BCUT2D eigenvalue weighted by molar-refractivity contribution is 6.67. The van der Waals surface area contributed by atoms with Crippen molar-refractivity contribution in [1.29, 1.82) is 0 Å². The van der Waals surface area contributed by atoms with Crippen molar-refractivity contribution in [3.8, 4) is 0 Å². The normalized spacial score (nSPS) is 12.3. The number of rotatable bonds is 8. The summed E-state index contributed by atoms with van der Waals surface area (Å²) < 4.78 is 2.23. The second kappa shape index (κ2) is 9.18. The molecule has 0 radical (unpaired) electrons. The number of hydrogen-bond acceptors (Lipinski definition) is 0. The fourth-order valence-corrected chi connectivity index (χ4v) is 4.51. The summed E-state index contributed by atoms with van der Waals surface area (Å²) >= 11 is 0. The van der Waals surface area contributed by atoms with Gasteiger partial charge < -0.3 is 4.57 Å². The van der Waals surface area contributed by atoms with Crippen LogP contribution in [0.5, 0.6) is 0 Å². The first-order chi connectivity index (χ1) is 14.6. The smallest absolute Gasteiger partial charge is 0.192 e. The van der Waals surface area contributed by atoms with E-state index in [1.54, 1.807) is 0 Å². The van der Waals surface area contributed by atoms with Crippen LogP contribution in [0.3, 0.4) is 0 Å². The van der Waals surface area contributed by atoms with Crippen LogP contribution >= 0.6 is 0 Å². The molecule has 0 spiro atoms. The van der Waals surface area contributed by atoms with Crippen LogP contribution in [0, 0.1) is 5.92 Å². The maximum atomic E-state index is 4.43. The van der Waals surface area contributed by atoms with Crippen molar-refractivity contribution < 1.29 is 0 Å². The first-order valence-electron chi connectivity index (χ1n) is 11.4. The van der Waals surface area contributed by atoms with Crippen LogP contribution in [0.15, 0.2) is 49.6 Å². The summed E-state index contributed by atoms with van der Waals surface area (Å²) in [4.78, 5) is 0.